The van der Waals surface area contributed by atoms with Crippen molar-refractivity contribution in [3.63, 3.8) is 0 Å². The first-order valence-electron chi connectivity index (χ1n) is 30.4. The smallest absolute Gasteiger partial charge is 1.00 e. The molecule has 0 spiro atoms. The van der Waals surface area contributed by atoms with E-state index in [0.717, 1.165) is 104 Å². The summed E-state index contributed by atoms with van der Waals surface area (Å²) in [5.41, 5.74) is 6.19. The molecule has 13 aromatic rings. The van der Waals surface area contributed by atoms with Crippen molar-refractivity contribution in [3.05, 3.63) is 292 Å². The van der Waals surface area contributed by atoms with Crippen LogP contribution in [0, 0.1) is 0 Å². The van der Waals surface area contributed by atoms with E-state index in [4.69, 9.17) is 33.2 Å². The average Bonchev–Trinajstić information content (AvgIpc) is 1.14. The monoisotopic (exact) mass is 1420 g/mol. The van der Waals surface area contributed by atoms with Gasteiger partial charge >= 0.3 is 35.0 Å². The molecule has 0 saturated heterocycles. The Kier molecular flexibility index (Phi) is 23.4. The molecule has 4 heterocycles. The third-order valence-electron chi connectivity index (χ3n) is 16.0. The molecule has 9 aromatic carbocycles. The molecular weight excluding hydrogens is 1360 g/mol. The van der Waals surface area contributed by atoms with Crippen molar-refractivity contribution in [2.75, 3.05) is 48.8 Å². The number of carbonyl (C=O) groups excluding carboxylic acids is 2. The van der Waals surface area contributed by atoms with Crippen LogP contribution in [0.25, 0.3) is 60.6 Å². The summed E-state index contributed by atoms with van der Waals surface area (Å²) in [6.07, 6.45) is 0. The van der Waals surface area contributed by atoms with E-state index < -0.39 is 11.2 Å². The predicted octanol–water partition coefficient (Wildman–Crippen LogP) is 19.9. The minimum atomic E-state index is -1.48. The summed E-state index contributed by atoms with van der Waals surface area (Å²) in [6, 6.07) is 77.7. The topological polar surface area (TPSA) is 139 Å². The summed E-state index contributed by atoms with van der Waals surface area (Å²) in [6.45, 7) is 4.29. The first kappa shape index (κ1) is 70.2. The Morgan fingerprint density at radius 3 is 0.875 bits per heavy atom. The van der Waals surface area contributed by atoms with Crippen LogP contribution in [0.3, 0.4) is 0 Å². The summed E-state index contributed by atoms with van der Waals surface area (Å²) in [4.78, 5) is 28.8. The van der Waals surface area contributed by atoms with Gasteiger partial charge in [0.05, 0.1) is 59.9 Å². The number of aliphatic hydroxyl groups is 2. The maximum absolute atomic E-state index is 13.0. The Morgan fingerprint density at radius 2 is 0.604 bits per heavy atom. The molecule has 0 amide bonds. The number of benzene rings is 9. The molecule has 0 fully saturated rings. The first-order chi connectivity index (χ1) is 46.2. The summed E-state index contributed by atoms with van der Waals surface area (Å²) >= 11 is 9.94. The van der Waals surface area contributed by atoms with Gasteiger partial charge in [0.15, 0.2) is 0 Å². The molecule has 484 valence electrons. The number of carbonyl (C=O) groups is 2. The molecule has 4 aromatic heterocycles. The zero-order valence-corrected chi connectivity index (χ0v) is 60.1. The quantitative estimate of drug-likeness (QED) is 0.0454. The van der Waals surface area contributed by atoms with Gasteiger partial charge in [-0.2, -0.15) is 0 Å². The maximum atomic E-state index is 13.0. The van der Waals surface area contributed by atoms with Crippen LogP contribution in [0.5, 0.6) is 28.7 Å². The second-order valence-corrected chi connectivity index (χ2v) is 26.8. The van der Waals surface area contributed by atoms with Crippen molar-refractivity contribution in [1.82, 2.24) is 0 Å². The fourth-order valence-electron chi connectivity index (χ4n) is 11.3. The third kappa shape index (κ3) is 15.0. The van der Waals surface area contributed by atoms with Gasteiger partial charge in [-0.15, -0.1) is 45.3 Å². The average molecular weight is 1430 g/mol. The number of hydrogen-bond acceptors (Lipinski definition) is 15. The van der Waals surface area contributed by atoms with Gasteiger partial charge in [-0.1, -0.05) is 149 Å². The number of rotatable bonds is 19. The van der Waals surface area contributed by atoms with Gasteiger partial charge in [0.25, 0.3) is 0 Å². The molecule has 96 heavy (non-hydrogen) atoms. The molecule has 0 radical (unpaired) electrons. The Bertz CT molecular complexity index is 4340. The fraction of sp³-hybridized carbons (Fsp3) is 0.139. The summed E-state index contributed by atoms with van der Waals surface area (Å²) in [7, 11) is 8.19. The molecule has 0 bridgehead atoms. The molecule has 0 aliphatic carbocycles. The van der Waals surface area contributed by atoms with Gasteiger partial charge in [-0.05, 0) is 156 Å². The fourth-order valence-corrected chi connectivity index (χ4v) is 16.5. The van der Waals surface area contributed by atoms with Gasteiger partial charge in [-0.25, -0.2) is 9.59 Å². The van der Waals surface area contributed by atoms with Gasteiger partial charge in [-0.3, -0.25) is 0 Å². The minimum Gasteiger partial charge on any atom is -1.00 e. The Hall–Kier alpha value is -8.59. The van der Waals surface area contributed by atoms with Crippen LogP contribution in [0.1, 0.15) is 70.8 Å². The molecular formula is C79H69BrMgO11S4. The van der Waals surface area contributed by atoms with E-state index in [-0.39, 0.29) is 37.8 Å². The van der Waals surface area contributed by atoms with Crippen LogP contribution >= 0.6 is 61.3 Å². The molecule has 0 saturated carbocycles. The molecule has 0 atom stereocenters. The van der Waals surface area contributed by atoms with Crippen molar-refractivity contribution in [2.24, 2.45) is 0 Å². The molecule has 13 rings (SSSR count). The number of esters is 2. The van der Waals surface area contributed by atoms with E-state index in [1.165, 1.54) is 0 Å². The number of thiophene rings is 4. The standard InChI is InChI=1S/C48H40O6S2.C24H20O4S2.C7H7BrO.Mg.2H/c1-51-35-21-13-31(14-22-35)47(49,32-15-23-36(52-2)24-16-32)41-11-7-5-9-39(41)43-29-45-46(55-43)30-44(56-45)40-10-6-8-12-42(40)48(50,33-17-25-37(53-3)26-18-33)34-19-27-38(54-4)28-20-34;1-3-27-23(25)17-11-7-5-9-15(17)19-13-21-22(29-19)14-20(30-21)16-10-6-8-12-18(16)24(26)28-4-2;1-9-7-4-2-6(8)3-5-7;;;/h5-30,49-50H,1-4H3;5-14H,3-4H2,1-2H3;2-5H,1H3;;;/q;;;+2;2*-1. The Balaban J connectivity index is 0.000000243. The minimum absolute atomic E-state index is 0. The van der Waals surface area contributed by atoms with Crippen LogP contribution in [-0.4, -0.2) is 94.0 Å². The Labute approximate surface area is 601 Å². The molecule has 11 nitrogen and oxygen atoms in total. The van der Waals surface area contributed by atoms with E-state index in [0.29, 0.717) is 47.3 Å². The number of halogens is 1. The van der Waals surface area contributed by atoms with Crippen LogP contribution in [0.2, 0.25) is 0 Å². The van der Waals surface area contributed by atoms with Crippen LogP contribution < -0.4 is 23.7 Å². The molecule has 0 aliphatic rings. The number of fused-ring (bicyclic) bond motifs is 2. The van der Waals surface area contributed by atoms with Crippen molar-refractivity contribution >= 4 is 115 Å². The zero-order valence-electron chi connectivity index (χ0n) is 55.8. The maximum Gasteiger partial charge on any atom is 2.00 e. The second kappa shape index (κ2) is 32.0. The first-order valence-corrected chi connectivity index (χ1v) is 34.4. The number of methoxy groups -OCH3 is 5. The number of ether oxygens (including phenoxy) is 7. The van der Waals surface area contributed by atoms with Gasteiger partial charge in [0.1, 0.15) is 39.9 Å². The van der Waals surface area contributed by atoms with E-state index in [1.807, 2.05) is 194 Å². The van der Waals surface area contributed by atoms with Gasteiger partial charge in [0.2, 0.25) is 0 Å². The SMILES string of the molecule is CCOC(=O)c1ccccc1-c1cc2sc(-c3ccccc3C(=O)OCC)cc2s1.COc1ccc(Br)cc1.COc1ccc(C(O)(c2ccc(OC)cc2)c2ccccc2-c2cc3sc(-c4ccccc4C(O)(c4ccc(OC)cc4)c4ccc(OC)cc4)cc3s2)cc1.[H-].[H-].[Mg+2]. The van der Waals surface area contributed by atoms with E-state index in [2.05, 4.69) is 52.3 Å². The summed E-state index contributed by atoms with van der Waals surface area (Å²) < 4.78 is 42.7. The van der Waals surface area contributed by atoms with E-state index >= 15 is 0 Å². The van der Waals surface area contributed by atoms with Crippen molar-refractivity contribution in [1.29, 1.82) is 0 Å². The van der Waals surface area contributed by atoms with Gasteiger partial charge < -0.3 is 46.2 Å². The largest absolute Gasteiger partial charge is 2.00 e. The third-order valence-corrected chi connectivity index (χ3v) is 21.3. The van der Waals surface area contributed by atoms with Crippen LogP contribution in [0.4, 0.5) is 0 Å². The van der Waals surface area contributed by atoms with Crippen LogP contribution in [-0.2, 0) is 20.7 Å². The van der Waals surface area contributed by atoms with Crippen molar-refractivity contribution in [3.8, 4) is 70.5 Å². The Morgan fingerprint density at radius 1 is 0.365 bits per heavy atom. The van der Waals surface area contributed by atoms with E-state index in [9.17, 15) is 19.8 Å². The second-order valence-electron chi connectivity index (χ2n) is 21.5. The molecule has 0 aliphatic heterocycles. The summed E-state index contributed by atoms with van der Waals surface area (Å²) in [5, 5.41) is 25.9. The molecule has 0 unspecified atom stereocenters. The molecule has 2 N–H and O–H groups in total. The predicted molar refractivity (Wildman–Crippen MR) is 398 cm³/mol. The summed E-state index contributed by atoms with van der Waals surface area (Å²) in [5.74, 6) is 3.10. The zero-order chi connectivity index (χ0) is 66.6. The molecule has 17 heteroatoms. The van der Waals surface area contributed by atoms with Crippen LogP contribution in [0.15, 0.2) is 247 Å². The van der Waals surface area contributed by atoms with Gasteiger partial charge in [0, 0.05) is 65.0 Å². The van der Waals surface area contributed by atoms with E-state index in [1.54, 1.807) is 107 Å². The van der Waals surface area contributed by atoms with Crippen molar-refractivity contribution < 1.29 is 55.8 Å². The van der Waals surface area contributed by atoms with Crippen molar-refractivity contribution in [2.45, 2.75) is 25.0 Å². The number of hydrogen-bond donors (Lipinski definition) is 2. The normalized spacial score (nSPS) is 11.1.